The lowest BCUT2D eigenvalue weighted by molar-refractivity contribution is -0.137. The van der Waals surface area contributed by atoms with Gasteiger partial charge in [-0.05, 0) is 61.7 Å². The van der Waals surface area contributed by atoms with E-state index in [1.807, 2.05) is 6.92 Å². The first-order chi connectivity index (χ1) is 18.0. The van der Waals surface area contributed by atoms with E-state index in [-0.39, 0.29) is 11.5 Å². The minimum Gasteiger partial charge on any atom is -0.434 e. The van der Waals surface area contributed by atoms with Crippen molar-refractivity contribution in [2.24, 2.45) is 0 Å². The van der Waals surface area contributed by atoms with Gasteiger partial charge in [-0.1, -0.05) is 44.2 Å². The number of hydrogen-bond acceptors (Lipinski definition) is 5. The smallest absolute Gasteiger partial charge is 0.416 e. The van der Waals surface area contributed by atoms with E-state index in [1.54, 1.807) is 18.2 Å². The average Bonchev–Trinajstić information content (AvgIpc) is 3.31. The molecule has 2 amide bonds. The Balaban J connectivity index is 1.54. The number of rotatable bonds is 8. The maximum atomic E-state index is 13.6. The van der Waals surface area contributed by atoms with Crippen molar-refractivity contribution in [3.05, 3.63) is 64.5 Å². The van der Waals surface area contributed by atoms with E-state index < -0.39 is 40.9 Å². The lowest BCUT2D eigenvalue weighted by Crippen LogP contribution is -2.62. The van der Waals surface area contributed by atoms with Crippen molar-refractivity contribution >= 4 is 40.3 Å². The zero-order valence-electron chi connectivity index (χ0n) is 20.7. The summed E-state index contributed by atoms with van der Waals surface area (Å²) in [6.45, 7) is 1.86. The molecule has 1 aliphatic carbocycles. The molecule has 2 N–H and O–H groups in total. The zero-order chi connectivity index (χ0) is 27.5. The van der Waals surface area contributed by atoms with E-state index in [4.69, 9.17) is 16.0 Å². The molecule has 1 heterocycles. The number of benzene rings is 2. The SMILES string of the molecule is CCC[C@H](NC(=O)C1(NC(=O)c2ccc(C(F)(F)F)cc2)CCCCC1)C(=O)c1nc2cc(Cl)ccc2o1. The van der Waals surface area contributed by atoms with Gasteiger partial charge in [0.15, 0.2) is 5.58 Å². The fourth-order valence-electron chi connectivity index (χ4n) is 4.67. The number of fused-ring (bicyclic) bond motifs is 1. The number of ketones is 1. The maximum absolute atomic E-state index is 13.6. The van der Waals surface area contributed by atoms with Crippen LogP contribution in [0.25, 0.3) is 11.1 Å². The molecular weight excluding hydrogens is 523 g/mol. The molecule has 1 atom stereocenters. The molecule has 7 nitrogen and oxygen atoms in total. The topological polar surface area (TPSA) is 101 Å². The minimum atomic E-state index is -4.53. The molecule has 0 unspecified atom stereocenters. The molecule has 0 saturated heterocycles. The monoisotopic (exact) mass is 549 g/mol. The van der Waals surface area contributed by atoms with Crippen LogP contribution in [0.1, 0.15) is 78.5 Å². The minimum absolute atomic E-state index is 0.00192. The first kappa shape index (κ1) is 27.6. The predicted molar refractivity (Wildman–Crippen MR) is 135 cm³/mol. The van der Waals surface area contributed by atoms with E-state index in [0.717, 1.165) is 30.7 Å². The Morgan fingerprint density at radius 2 is 1.76 bits per heavy atom. The second-order valence-electron chi connectivity index (χ2n) is 9.48. The summed E-state index contributed by atoms with van der Waals surface area (Å²) in [4.78, 5) is 44.1. The van der Waals surface area contributed by atoms with Crippen LogP contribution in [0.15, 0.2) is 46.9 Å². The molecule has 38 heavy (non-hydrogen) atoms. The highest BCUT2D eigenvalue weighted by Crippen LogP contribution is 2.31. The first-order valence-electron chi connectivity index (χ1n) is 12.4. The number of nitrogens with one attached hydrogen (secondary N) is 2. The fraction of sp³-hybridized carbons (Fsp3) is 0.407. The van der Waals surface area contributed by atoms with Gasteiger partial charge < -0.3 is 15.1 Å². The van der Waals surface area contributed by atoms with Gasteiger partial charge in [0.25, 0.3) is 11.8 Å². The summed E-state index contributed by atoms with van der Waals surface area (Å²) in [5, 5.41) is 5.99. The van der Waals surface area contributed by atoms with Crippen molar-refractivity contribution in [1.29, 1.82) is 0 Å². The number of alkyl halides is 3. The highest BCUT2D eigenvalue weighted by atomic mass is 35.5. The van der Waals surface area contributed by atoms with Crippen LogP contribution >= 0.6 is 11.6 Å². The van der Waals surface area contributed by atoms with Gasteiger partial charge in [-0.25, -0.2) is 4.98 Å². The van der Waals surface area contributed by atoms with Gasteiger partial charge >= 0.3 is 6.18 Å². The molecule has 11 heteroatoms. The number of oxazole rings is 1. The number of carbonyl (C=O) groups excluding carboxylic acids is 3. The van der Waals surface area contributed by atoms with Crippen LogP contribution in [0.2, 0.25) is 5.02 Å². The molecule has 3 aromatic rings. The van der Waals surface area contributed by atoms with E-state index in [1.165, 1.54) is 0 Å². The van der Waals surface area contributed by atoms with E-state index in [0.29, 0.717) is 54.6 Å². The largest absolute Gasteiger partial charge is 0.434 e. The Kier molecular flexibility index (Phi) is 8.10. The molecule has 1 aromatic heterocycles. The van der Waals surface area contributed by atoms with Crippen LogP contribution in [0.5, 0.6) is 0 Å². The summed E-state index contributed by atoms with van der Waals surface area (Å²) >= 11 is 6.00. The third kappa shape index (κ3) is 6.01. The normalized spacial score (nSPS) is 16.1. The summed E-state index contributed by atoms with van der Waals surface area (Å²) in [6.07, 6.45) is -0.771. The van der Waals surface area contributed by atoms with Crippen LogP contribution < -0.4 is 10.6 Å². The molecule has 4 rings (SSSR count). The molecule has 1 fully saturated rings. The van der Waals surface area contributed by atoms with Crippen molar-refractivity contribution in [3.63, 3.8) is 0 Å². The second kappa shape index (κ2) is 11.1. The summed E-state index contributed by atoms with van der Waals surface area (Å²) in [5.74, 6) is -1.85. The number of amides is 2. The highest BCUT2D eigenvalue weighted by molar-refractivity contribution is 6.31. The lowest BCUT2D eigenvalue weighted by Gasteiger charge is -2.37. The highest BCUT2D eigenvalue weighted by Gasteiger charge is 2.43. The lowest BCUT2D eigenvalue weighted by atomic mass is 9.80. The van der Waals surface area contributed by atoms with Crippen molar-refractivity contribution in [2.45, 2.75) is 69.6 Å². The van der Waals surface area contributed by atoms with Gasteiger partial charge in [-0.15, -0.1) is 0 Å². The predicted octanol–water partition coefficient (Wildman–Crippen LogP) is 6.10. The van der Waals surface area contributed by atoms with E-state index in [9.17, 15) is 27.6 Å². The van der Waals surface area contributed by atoms with Gasteiger partial charge in [0.1, 0.15) is 11.1 Å². The molecule has 0 aliphatic heterocycles. The fourth-order valence-corrected chi connectivity index (χ4v) is 4.84. The number of hydrogen-bond donors (Lipinski definition) is 2. The molecule has 202 valence electrons. The maximum Gasteiger partial charge on any atom is 0.416 e. The number of aromatic nitrogens is 1. The summed E-state index contributed by atoms with van der Waals surface area (Å²) in [5.41, 5.74) is -1.38. The van der Waals surface area contributed by atoms with Crippen molar-refractivity contribution in [1.82, 2.24) is 15.6 Å². The number of halogens is 4. The average molecular weight is 550 g/mol. The van der Waals surface area contributed by atoms with Gasteiger partial charge in [-0.3, -0.25) is 14.4 Å². The van der Waals surface area contributed by atoms with Crippen molar-refractivity contribution in [3.8, 4) is 0 Å². The van der Waals surface area contributed by atoms with Crippen LogP contribution in [-0.2, 0) is 11.0 Å². The van der Waals surface area contributed by atoms with Crippen LogP contribution in [-0.4, -0.2) is 34.2 Å². The van der Waals surface area contributed by atoms with E-state index >= 15 is 0 Å². The summed E-state index contributed by atoms with van der Waals surface area (Å²) in [7, 11) is 0. The van der Waals surface area contributed by atoms with Gasteiger partial charge in [0.2, 0.25) is 11.7 Å². The first-order valence-corrected chi connectivity index (χ1v) is 12.8. The standard InChI is InChI=1S/C27H27ClF3N3O4/c1-2-6-19(22(35)24-32-20-15-18(28)11-12-21(20)38-24)33-25(37)26(13-4-3-5-14-26)34-23(36)16-7-9-17(10-8-16)27(29,30)31/h7-12,15,19H,2-6,13-14H2,1H3,(H,33,37)(H,34,36)/t19-/m0/s1. The third-order valence-corrected chi connectivity index (χ3v) is 6.96. The number of Topliss-reactive ketones (excluding diaryl/α,β-unsaturated/α-hetero) is 1. The van der Waals surface area contributed by atoms with Crippen LogP contribution in [0, 0.1) is 0 Å². The number of carbonyl (C=O) groups is 3. The Labute approximate surface area is 222 Å². The van der Waals surface area contributed by atoms with Crippen molar-refractivity contribution in [2.75, 3.05) is 0 Å². The molecule has 1 aliphatic rings. The summed E-state index contributed by atoms with van der Waals surface area (Å²) < 4.78 is 44.3. The molecule has 0 radical (unpaired) electrons. The quantitative estimate of drug-likeness (QED) is 0.331. The zero-order valence-corrected chi connectivity index (χ0v) is 21.4. The summed E-state index contributed by atoms with van der Waals surface area (Å²) in [6, 6.07) is 7.64. The van der Waals surface area contributed by atoms with Crippen molar-refractivity contribution < 1.29 is 32.0 Å². The Bertz CT molecular complexity index is 1330. The molecule has 0 spiro atoms. The Morgan fingerprint density at radius 3 is 2.39 bits per heavy atom. The second-order valence-corrected chi connectivity index (χ2v) is 9.92. The van der Waals surface area contributed by atoms with Crippen LogP contribution in [0.4, 0.5) is 13.2 Å². The van der Waals surface area contributed by atoms with Gasteiger partial charge in [0, 0.05) is 10.6 Å². The molecule has 0 bridgehead atoms. The van der Waals surface area contributed by atoms with Gasteiger partial charge in [-0.2, -0.15) is 13.2 Å². The van der Waals surface area contributed by atoms with Crippen LogP contribution in [0.3, 0.4) is 0 Å². The van der Waals surface area contributed by atoms with Gasteiger partial charge in [0.05, 0.1) is 11.6 Å². The molecule has 1 saturated carbocycles. The molecular formula is C27H27ClF3N3O4. The Hall–Kier alpha value is -3.40. The molecule has 2 aromatic carbocycles. The third-order valence-electron chi connectivity index (χ3n) is 6.73. The Morgan fingerprint density at radius 1 is 1.08 bits per heavy atom. The van der Waals surface area contributed by atoms with E-state index in [2.05, 4.69) is 15.6 Å². The number of nitrogens with zero attached hydrogens (tertiary/aromatic N) is 1.